The van der Waals surface area contributed by atoms with Crippen LogP contribution in [0.5, 0.6) is 0 Å². The summed E-state index contributed by atoms with van der Waals surface area (Å²) in [6.07, 6.45) is -3.02. The Kier molecular flexibility index (Phi) is 2.88. The van der Waals surface area contributed by atoms with Crippen molar-refractivity contribution in [3.05, 3.63) is 37.8 Å². The minimum absolute atomic E-state index is 0.0146. The van der Waals surface area contributed by atoms with Crippen molar-refractivity contribution in [2.24, 2.45) is 0 Å². The van der Waals surface area contributed by atoms with Crippen LogP contribution in [0.2, 0.25) is 0 Å². The number of aromatic amines is 1. The Morgan fingerprint density at radius 3 is 2.53 bits per heavy atom. The van der Waals surface area contributed by atoms with Crippen molar-refractivity contribution in [3.8, 4) is 0 Å². The number of aldehydes is 1. The second kappa shape index (κ2) is 3.95. The number of H-pyrrole nitrogens is 1. The zero-order chi connectivity index (χ0) is 11.6. The molecule has 80 valence electrons. The third-order valence-corrected chi connectivity index (χ3v) is 1.60. The van der Waals surface area contributed by atoms with Crippen molar-refractivity contribution in [2.45, 2.75) is 6.43 Å². The molecule has 0 amide bonds. The fraction of sp³-hybridized carbons (Fsp3) is 0.143. The SMILES string of the molecule is O=Cc1cc(C(F)F)[nH]c(=O)c1[N+](=O)[O-]. The van der Waals surface area contributed by atoms with E-state index in [1.165, 1.54) is 0 Å². The van der Waals surface area contributed by atoms with E-state index < -0.39 is 33.9 Å². The molecule has 0 saturated heterocycles. The molecule has 1 rings (SSSR count). The van der Waals surface area contributed by atoms with E-state index in [0.29, 0.717) is 6.07 Å². The van der Waals surface area contributed by atoms with Gasteiger partial charge in [-0.15, -0.1) is 0 Å². The highest BCUT2D eigenvalue weighted by atomic mass is 19.3. The molecule has 0 aromatic carbocycles. The molecule has 0 radical (unpaired) electrons. The van der Waals surface area contributed by atoms with Gasteiger partial charge in [-0.25, -0.2) is 8.78 Å². The topological polar surface area (TPSA) is 93.1 Å². The molecule has 1 N–H and O–H groups in total. The number of hydrogen-bond acceptors (Lipinski definition) is 4. The predicted molar refractivity (Wildman–Crippen MR) is 44.1 cm³/mol. The van der Waals surface area contributed by atoms with Crippen LogP contribution in [0.15, 0.2) is 10.9 Å². The highest BCUT2D eigenvalue weighted by Crippen LogP contribution is 2.19. The second-order valence-corrected chi connectivity index (χ2v) is 2.53. The van der Waals surface area contributed by atoms with E-state index in [1.54, 1.807) is 4.98 Å². The van der Waals surface area contributed by atoms with Gasteiger partial charge >= 0.3 is 11.2 Å². The minimum Gasteiger partial charge on any atom is -0.315 e. The molecule has 0 atom stereocenters. The maximum Gasteiger partial charge on any atom is 0.344 e. The van der Waals surface area contributed by atoms with Gasteiger partial charge in [0.25, 0.3) is 6.43 Å². The van der Waals surface area contributed by atoms with Crippen molar-refractivity contribution >= 4 is 12.0 Å². The van der Waals surface area contributed by atoms with E-state index in [4.69, 9.17) is 0 Å². The number of nitrogens with zero attached hydrogens (tertiary/aromatic N) is 1. The first kappa shape index (κ1) is 11.0. The minimum atomic E-state index is -3.00. The molecule has 0 fully saturated rings. The molecule has 0 aliphatic rings. The average Bonchev–Trinajstić information content (AvgIpc) is 2.15. The number of pyridine rings is 1. The van der Waals surface area contributed by atoms with Gasteiger partial charge in [0.2, 0.25) is 0 Å². The van der Waals surface area contributed by atoms with Gasteiger partial charge in [0.1, 0.15) is 0 Å². The molecule has 15 heavy (non-hydrogen) atoms. The number of carbonyl (C=O) groups excluding carboxylic acids is 1. The van der Waals surface area contributed by atoms with Crippen LogP contribution in [0.25, 0.3) is 0 Å². The summed E-state index contributed by atoms with van der Waals surface area (Å²) in [7, 11) is 0. The molecular weight excluding hydrogens is 214 g/mol. The van der Waals surface area contributed by atoms with E-state index >= 15 is 0 Å². The van der Waals surface area contributed by atoms with Crippen LogP contribution in [0.4, 0.5) is 14.5 Å². The number of halogens is 2. The average molecular weight is 218 g/mol. The summed E-state index contributed by atoms with van der Waals surface area (Å²) in [6.45, 7) is 0. The maximum absolute atomic E-state index is 12.1. The van der Waals surface area contributed by atoms with Gasteiger partial charge < -0.3 is 4.98 Å². The first-order valence-electron chi connectivity index (χ1n) is 3.62. The number of carbonyl (C=O) groups is 1. The molecule has 8 heteroatoms. The lowest BCUT2D eigenvalue weighted by Crippen LogP contribution is -2.16. The van der Waals surface area contributed by atoms with E-state index in [-0.39, 0.29) is 6.29 Å². The van der Waals surface area contributed by atoms with Crippen LogP contribution in [0, 0.1) is 10.1 Å². The summed E-state index contributed by atoms with van der Waals surface area (Å²) in [5.41, 5.74) is -3.85. The first-order valence-corrected chi connectivity index (χ1v) is 3.62. The summed E-state index contributed by atoms with van der Waals surface area (Å²) in [5.74, 6) is 0. The summed E-state index contributed by atoms with van der Waals surface area (Å²) in [4.78, 5) is 32.2. The van der Waals surface area contributed by atoms with Crippen molar-refractivity contribution in [2.75, 3.05) is 0 Å². The van der Waals surface area contributed by atoms with Crippen molar-refractivity contribution in [3.63, 3.8) is 0 Å². The zero-order valence-corrected chi connectivity index (χ0v) is 7.07. The van der Waals surface area contributed by atoms with E-state index in [2.05, 4.69) is 0 Å². The number of alkyl halides is 2. The van der Waals surface area contributed by atoms with Crippen LogP contribution in [-0.4, -0.2) is 16.2 Å². The lowest BCUT2D eigenvalue weighted by atomic mass is 10.2. The number of aromatic nitrogens is 1. The smallest absolute Gasteiger partial charge is 0.315 e. The van der Waals surface area contributed by atoms with Crippen molar-refractivity contribution in [1.82, 2.24) is 4.98 Å². The molecular formula is C7H4F2N2O4. The van der Waals surface area contributed by atoms with Gasteiger partial charge in [-0.1, -0.05) is 0 Å². The van der Waals surface area contributed by atoms with Crippen LogP contribution in [-0.2, 0) is 0 Å². The monoisotopic (exact) mass is 218 g/mol. The maximum atomic E-state index is 12.1. The Morgan fingerprint density at radius 2 is 2.13 bits per heavy atom. The quantitative estimate of drug-likeness (QED) is 0.465. The summed E-state index contributed by atoms with van der Waals surface area (Å²) in [5, 5.41) is 10.3. The molecule has 1 heterocycles. The highest BCUT2D eigenvalue weighted by molar-refractivity contribution is 5.81. The lowest BCUT2D eigenvalue weighted by Gasteiger charge is -2.00. The zero-order valence-electron chi connectivity index (χ0n) is 7.07. The number of rotatable bonds is 3. The third-order valence-electron chi connectivity index (χ3n) is 1.60. The predicted octanol–water partition coefficient (Wildman–Crippen LogP) is 1.03. The van der Waals surface area contributed by atoms with Gasteiger partial charge in [-0.3, -0.25) is 19.7 Å². The number of nitro groups is 1. The summed E-state index contributed by atoms with van der Waals surface area (Å²) >= 11 is 0. The van der Waals surface area contributed by atoms with Crippen molar-refractivity contribution < 1.29 is 18.5 Å². The molecule has 1 aromatic heterocycles. The number of hydrogen-bond donors (Lipinski definition) is 1. The molecule has 6 nitrogen and oxygen atoms in total. The Balaban J connectivity index is 3.51. The fourth-order valence-corrected chi connectivity index (χ4v) is 0.989. The largest absolute Gasteiger partial charge is 0.344 e. The Morgan fingerprint density at radius 1 is 1.53 bits per heavy atom. The number of nitrogens with one attached hydrogen (secondary N) is 1. The molecule has 0 aliphatic carbocycles. The molecule has 0 aliphatic heterocycles. The lowest BCUT2D eigenvalue weighted by molar-refractivity contribution is -0.386. The molecule has 0 unspecified atom stereocenters. The Bertz CT molecular complexity index is 469. The van der Waals surface area contributed by atoms with Gasteiger partial charge in [-0.05, 0) is 6.07 Å². The Hall–Kier alpha value is -2.12. The molecule has 0 spiro atoms. The third kappa shape index (κ3) is 2.03. The Labute approximate surface area is 80.7 Å². The van der Waals surface area contributed by atoms with Crippen LogP contribution in [0.1, 0.15) is 22.5 Å². The summed E-state index contributed by atoms with van der Waals surface area (Å²) < 4.78 is 24.3. The standard InChI is InChI=1S/C7H4F2N2O4/c8-6(9)4-1-3(2-12)5(11(14)15)7(13)10-4/h1-2,6H,(H,10,13). The second-order valence-electron chi connectivity index (χ2n) is 2.53. The van der Waals surface area contributed by atoms with Crippen molar-refractivity contribution in [1.29, 1.82) is 0 Å². The first-order chi connectivity index (χ1) is 6.97. The van der Waals surface area contributed by atoms with Crippen LogP contribution in [0.3, 0.4) is 0 Å². The summed E-state index contributed by atoms with van der Waals surface area (Å²) in [6, 6.07) is 0.581. The van der Waals surface area contributed by atoms with Crippen LogP contribution < -0.4 is 5.56 Å². The van der Waals surface area contributed by atoms with Gasteiger partial charge in [-0.2, -0.15) is 0 Å². The van der Waals surface area contributed by atoms with Gasteiger partial charge in [0.15, 0.2) is 6.29 Å². The van der Waals surface area contributed by atoms with Gasteiger partial charge in [0.05, 0.1) is 16.2 Å². The van der Waals surface area contributed by atoms with Crippen LogP contribution >= 0.6 is 0 Å². The van der Waals surface area contributed by atoms with Gasteiger partial charge in [0, 0.05) is 0 Å². The normalized spacial score (nSPS) is 10.3. The molecule has 0 saturated carbocycles. The molecule has 0 bridgehead atoms. The van der Waals surface area contributed by atoms with E-state index in [9.17, 15) is 28.5 Å². The fourth-order valence-electron chi connectivity index (χ4n) is 0.989. The van der Waals surface area contributed by atoms with E-state index in [1.807, 2.05) is 0 Å². The van der Waals surface area contributed by atoms with E-state index in [0.717, 1.165) is 0 Å². The highest BCUT2D eigenvalue weighted by Gasteiger charge is 2.22. The molecule has 1 aromatic rings.